The van der Waals surface area contributed by atoms with Crippen LogP contribution in [0.4, 0.5) is 16.2 Å². The van der Waals surface area contributed by atoms with Gasteiger partial charge in [0.05, 0.1) is 20.1 Å². The highest BCUT2D eigenvalue weighted by molar-refractivity contribution is 7.18. The van der Waals surface area contributed by atoms with Crippen LogP contribution in [-0.2, 0) is 0 Å². The quantitative estimate of drug-likeness (QED) is 0.502. The average molecular weight is 396 g/mol. The van der Waals surface area contributed by atoms with Crippen molar-refractivity contribution in [3.63, 3.8) is 0 Å². The van der Waals surface area contributed by atoms with Crippen LogP contribution < -0.4 is 5.32 Å². The van der Waals surface area contributed by atoms with Gasteiger partial charge in [-0.25, -0.2) is 9.78 Å². The van der Waals surface area contributed by atoms with Crippen LogP contribution in [0.15, 0.2) is 42.5 Å². The number of urea groups is 1. The number of para-hydroxylation sites is 1. The number of nitrogens with one attached hydrogen (secondary N) is 1. The first-order chi connectivity index (χ1) is 13.5. The van der Waals surface area contributed by atoms with Crippen molar-refractivity contribution in [1.29, 1.82) is 0 Å². The number of piperidine rings is 1. The number of carbonyl (C=O) groups is 1. The van der Waals surface area contributed by atoms with E-state index in [1.807, 2.05) is 18.2 Å². The number of fused-ring (bicyclic) bond motifs is 1. The minimum Gasteiger partial charge on any atom is -0.324 e. The number of nitro groups is 1. The molecule has 2 amide bonds. The van der Waals surface area contributed by atoms with E-state index in [1.165, 1.54) is 10.8 Å². The molecule has 0 unspecified atom stereocenters. The molecular formula is C20H20N4O3S. The predicted molar refractivity (Wildman–Crippen MR) is 110 cm³/mol. The Balaban J connectivity index is 1.37. The number of nitro benzene ring substituents is 1. The van der Waals surface area contributed by atoms with E-state index >= 15 is 0 Å². The van der Waals surface area contributed by atoms with E-state index < -0.39 is 4.92 Å². The summed E-state index contributed by atoms with van der Waals surface area (Å²) in [6.07, 6.45) is 1.76. The Kier molecular flexibility index (Phi) is 4.95. The van der Waals surface area contributed by atoms with Gasteiger partial charge >= 0.3 is 6.03 Å². The summed E-state index contributed by atoms with van der Waals surface area (Å²) in [5.41, 5.74) is 2.18. The van der Waals surface area contributed by atoms with Crippen LogP contribution in [-0.4, -0.2) is 33.9 Å². The van der Waals surface area contributed by atoms with Crippen LogP contribution in [0, 0.1) is 17.0 Å². The summed E-state index contributed by atoms with van der Waals surface area (Å²) in [6, 6.07) is 12.6. The number of amides is 2. The number of aromatic nitrogens is 1. The minimum absolute atomic E-state index is 0.0506. The average Bonchev–Trinajstić information content (AvgIpc) is 3.12. The van der Waals surface area contributed by atoms with Crippen molar-refractivity contribution in [2.75, 3.05) is 18.4 Å². The van der Waals surface area contributed by atoms with E-state index in [2.05, 4.69) is 11.4 Å². The summed E-state index contributed by atoms with van der Waals surface area (Å²) in [4.78, 5) is 29.6. The third kappa shape index (κ3) is 3.68. The number of thiazole rings is 1. The van der Waals surface area contributed by atoms with Crippen molar-refractivity contribution in [1.82, 2.24) is 9.88 Å². The molecule has 144 valence electrons. The molecule has 0 spiro atoms. The number of aryl methyl sites for hydroxylation is 1. The van der Waals surface area contributed by atoms with Crippen LogP contribution in [0.2, 0.25) is 0 Å². The van der Waals surface area contributed by atoms with Gasteiger partial charge in [0.2, 0.25) is 0 Å². The number of likely N-dealkylation sites (tertiary alicyclic amines) is 1. The molecular weight excluding hydrogens is 376 g/mol. The summed E-state index contributed by atoms with van der Waals surface area (Å²) in [7, 11) is 0. The second kappa shape index (κ2) is 7.55. The lowest BCUT2D eigenvalue weighted by atomic mass is 9.98. The van der Waals surface area contributed by atoms with Gasteiger partial charge in [0, 0.05) is 36.3 Å². The number of benzene rings is 2. The van der Waals surface area contributed by atoms with Crippen molar-refractivity contribution < 1.29 is 9.72 Å². The molecule has 28 heavy (non-hydrogen) atoms. The number of carbonyl (C=O) groups excluding carboxylic acids is 1. The smallest absolute Gasteiger partial charge is 0.321 e. The van der Waals surface area contributed by atoms with Gasteiger partial charge in [-0.2, -0.15) is 0 Å². The molecule has 1 N–H and O–H groups in total. The van der Waals surface area contributed by atoms with Gasteiger partial charge in [-0.05, 0) is 44.0 Å². The molecule has 0 atom stereocenters. The predicted octanol–water partition coefficient (Wildman–Crippen LogP) is 4.92. The fraction of sp³-hybridized carbons (Fsp3) is 0.300. The molecule has 1 saturated heterocycles. The first-order valence-electron chi connectivity index (χ1n) is 9.17. The summed E-state index contributed by atoms with van der Waals surface area (Å²) in [5.74, 6) is 0.378. The second-order valence-corrected chi connectivity index (χ2v) is 8.03. The standard InChI is InChI=1S/C20H20N4O3S/c1-13-12-15(6-7-17(13)24(26)27)21-20(25)23-10-8-14(9-11-23)19-22-16-4-2-3-5-18(16)28-19/h2-7,12,14H,8-11H2,1H3,(H,21,25). The molecule has 1 aliphatic rings. The maximum Gasteiger partial charge on any atom is 0.321 e. The molecule has 1 aromatic heterocycles. The molecule has 0 bridgehead atoms. The fourth-order valence-corrected chi connectivity index (χ4v) is 4.67. The van der Waals surface area contributed by atoms with Crippen molar-refractivity contribution in [2.45, 2.75) is 25.7 Å². The van der Waals surface area contributed by atoms with E-state index in [0.29, 0.717) is 30.3 Å². The highest BCUT2D eigenvalue weighted by atomic mass is 32.1. The van der Waals surface area contributed by atoms with Gasteiger partial charge in [-0.1, -0.05) is 12.1 Å². The molecule has 0 saturated carbocycles. The Bertz CT molecular complexity index is 1010. The maximum atomic E-state index is 12.5. The number of rotatable bonds is 3. The fourth-order valence-electron chi connectivity index (χ4n) is 3.53. The Hall–Kier alpha value is -3.00. The minimum atomic E-state index is -0.423. The van der Waals surface area contributed by atoms with Crippen LogP contribution in [0.1, 0.15) is 29.3 Å². The van der Waals surface area contributed by atoms with Crippen molar-refractivity contribution >= 4 is 39.0 Å². The topological polar surface area (TPSA) is 88.4 Å². The van der Waals surface area contributed by atoms with E-state index in [0.717, 1.165) is 23.4 Å². The molecule has 0 aliphatic carbocycles. The zero-order valence-corrected chi connectivity index (χ0v) is 16.2. The normalized spacial score (nSPS) is 15.0. The van der Waals surface area contributed by atoms with Gasteiger partial charge in [0.25, 0.3) is 5.69 Å². The van der Waals surface area contributed by atoms with E-state index in [-0.39, 0.29) is 11.7 Å². The second-order valence-electron chi connectivity index (χ2n) is 6.97. The number of anilines is 1. The van der Waals surface area contributed by atoms with Gasteiger partial charge in [0.1, 0.15) is 0 Å². The summed E-state index contributed by atoms with van der Waals surface area (Å²) in [5, 5.41) is 14.9. The monoisotopic (exact) mass is 396 g/mol. The van der Waals surface area contributed by atoms with Crippen LogP contribution in [0.3, 0.4) is 0 Å². The first kappa shape index (κ1) is 18.4. The third-order valence-corrected chi connectivity index (χ3v) is 6.29. The van der Waals surface area contributed by atoms with Gasteiger partial charge in [0.15, 0.2) is 0 Å². The Morgan fingerprint density at radius 1 is 1.25 bits per heavy atom. The van der Waals surface area contributed by atoms with E-state index in [1.54, 1.807) is 35.3 Å². The number of hydrogen-bond donors (Lipinski definition) is 1. The zero-order valence-electron chi connectivity index (χ0n) is 15.4. The Morgan fingerprint density at radius 2 is 2.00 bits per heavy atom. The Labute approximate surface area is 166 Å². The Morgan fingerprint density at radius 3 is 2.68 bits per heavy atom. The van der Waals surface area contributed by atoms with Gasteiger partial charge in [-0.3, -0.25) is 10.1 Å². The molecule has 0 radical (unpaired) electrons. The molecule has 2 heterocycles. The number of hydrogen-bond acceptors (Lipinski definition) is 5. The SMILES string of the molecule is Cc1cc(NC(=O)N2CCC(c3nc4ccccc4s3)CC2)ccc1[N+](=O)[O-]. The molecule has 1 fully saturated rings. The van der Waals surface area contributed by atoms with Gasteiger partial charge in [-0.15, -0.1) is 11.3 Å². The highest BCUT2D eigenvalue weighted by Crippen LogP contribution is 2.34. The summed E-state index contributed by atoms with van der Waals surface area (Å²) >= 11 is 1.74. The zero-order chi connectivity index (χ0) is 19.7. The molecule has 3 aromatic rings. The van der Waals surface area contributed by atoms with Crippen LogP contribution in [0.25, 0.3) is 10.2 Å². The lowest BCUT2D eigenvalue weighted by Crippen LogP contribution is -2.40. The largest absolute Gasteiger partial charge is 0.324 e. The van der Waals surface area contributed by atoms with Crippen LogP contribution >= 0.6 is 11.3 Å². The van der Waals surface area contributed by atoms with E-state index in [9.17, 15) is 14.9 Å². The first-order valence-corrected chi connectivity index (χ1v) is 9.99. The highest BCUT2D eigenvalue weighted by Gasteiger charge is 2.26. The third-order valence-electron chi connectivity index (χ3n) is 5.09. The van der Waals surface area contributed by atoms with Crippen molar-refractivity contribution in [2.24, 2.45) is 0 Å². The van der Waals surface area contributed by atoms with Crippen molar-refractivity contribution in [3.8, 4) is 0 Å². The lowest BCUT2D eigenvalue weighted by molar-refractivity contribution is -0.385. The van der Waals surface area contributed by atoms with Gasteiger partial charge < -0.3 is 10.2 Å². The lowest BCUT2D eigenvalue weighted by Gasteiger charge is -2.31. The number of nitrogens with zero attached hydrogens (tertiary/aromatic N) is 3. The summed E-state index contributed by atoms with van der Waals surface area (Å²) < 4.78 is 1.20. The van der Waals surface area contributed by atoms with Crippen molar-refractivity contribution in [3.05, 3.63) is 63.1 Å². The molecule has 2 aromatic carbocycles. The maximum absolute atomic E-state index is 12.5. The molecule has 1 aliphatic heterocycles. The molecule has 7 nitrogen and oxygen atoms in total. The summed E-state index contributed by atoms with van der Waals surface area (Å²) in [6.45, 7) is 2.99. The van der Waals surface area contributed by atoms with E-state index in [4.69, 9.17) is 4.98 Å². The van der Waals surface area contributed by atoms with Crippen LogP contribution in [0.5, 0.6) is 0 Å². The molecule has 8 heteroatoms. The molecule has 4 rings (SSSR count).